The number of benzene rings is 1. The van der Waals surface area contributed by atoms with Gasteiger partial charge >= 0.3 is 5.97 Å². The average molecular weight is 246 g/mol. The van der Waals surface area contributed by atoms with Crippen LogP contribution in [0.3, 0.4) is 0 Å². The van der Waals surface area contributed by atoms with Crippen LogP contribution in [0.2, 0.25) is 0 Å². The minimum absolute atomic E-state index is 0.258. The summed E-state index contributed by atoms with van der Waals surface area (Å²) in [6, 6.07) is 8.51. The van der Waals surface area contributed by atoms with Crippen LogP contribution in [0.1, 0.15) is 27.4 Å². The van der Waals surface area contributed by atoms with Gasteiger partial charge < -0.3 is 14.3 Å². The molecule has 1 N–H and O–H groups in total. The van der Waals surface area contributed by atoms with E-state index in [1.807, 2.05) is 26.0 Å². The van der Waals surface area contributed by atoms with Crippen LogP contribution in [0.15, 0.2) is 34.7 Å². The van der Waals surface area contributed by atoms with E-state index in [2.05, 4.69) is 0 Å². The van der Waals surface area contributed by atoms with Crippen LogP contribution in [-0.2, 0) is 6.61 Å². The van der Waals surface area contributed by atoms with Crippen molar-refractivity contribution in [1.29, 1.82) is 0 Å². The molecule has 4 nitrogen and oxygen atoms in total. The third-order valence-electron chi connectivity index (χ3n) is 2.59. The quantitative estimate of drug-likeness (QED) is 0.900. The first-order valence-electron chi connectivity index (χ1n) is 5.58. The Morgan fingerprint density at radius 1 is 1.28 bits per heavy atom. The van der Waals surface area contributed by atoms with Gasteiger partial charge in [-0.25, -0.2) is 4.79 Å². The Kier molecular flexibility index (Phi) is 3.37. The van der Waals surface area contributed by atoms with Gasteiger partial charge in [0.05, 0.1) is 5.56 Å². The van der Waals surface area contributed by atoms with E-state index in [0.717, 1.165) is 17.1 Å². The van der Waals surface area contributed by atoms with Crippen molar-refractivity contribution in [3.05, 3.63) is 53.0 Å². The molecule has 1 aromatic heterocycles. The minimum atomic E-state index is -0.939. The molecule has 4 heteroatoms. The van der Waals surface area contributed by atoms with E-state index in [1.54, 1.807) is 12.1 Å². The van der Waals surface area contributed by atoms with E-state index >= 15 is 0 Å². The molecule has 2 rings (SSSR count). The van der Waals surface area contributed by atoms with Gasteiger partial charge in [0.2, 0.25) is 0 Å². The first-order chi connectivity index (χ1) is 8.56. The number of carbonyl (C=O) groups is 1. The maximum atomic E-state index is 10.8. The van der Waals surface area contributed by atoms with Crippen LogP contribution in [0.25, 0.3) is 0 Å². The molecule has 0 fully saturated rings. The molecule has 0 bridgehead atoms. The molecule has 0 saturated heterocycles. The Hall–Kier alpha value is -2.23. The molecule has 1 heterocycles. The van der Waals surface area contributed by atoms with Crippen molar-refractivity contribution < 1.29 is 19.1 Å². The standard InChI is InChI=1S/C14H14O4/c1-9-7-11(14(15)16)4-6-13(9)17-8-12-5-3-10(2)18-12/h3-7H,8H2,1-2H3,(H,15,16). The van der Waals surface area contributed by atoms with Crippen LogP contribution in [0.5, 0.6) is 5.75 Å². The predicted molar refractivity (Wildman–Crippen MR) is 65.9 cm³/mol. The molecular weight excluding hydrogens is 232 g/mol. The van der Waals surface area contributed by atoms with Gasteiger partial charge in [-0.3, -0.25) is 0 Å². The third kappa shape index (κ3) is 2.71. The first-order valence-corrected chi connectivity index (χ1v) is 5.58. The Morgan fingerprint density at radius 2 is 2.06 bits per heavy atom. The number of carboxylic acids is 1. The van der Waals surface area contributed by atoms with Crippen LogP contribution in [0, 0.1) is 13.8 Å². The second kappa shape index (κ2) is 4.96. The number of aryl methyl sites for hydroxylation is 2. The number of aromatic carboxylic acids is 1. The van der Waals surface area contributed by atoms with Gasteiger partial charge in [-0.05, 0) is 49.7 Å². The van der Waals surface area contributed by atoms with E-state index in [0.29, 0.717) is 12.4 Å². The summed E-state index contributed by atoms with van der Waals surface area (Å²) >= 11 is 0. The number of ether oxygens (including phenoxy) is 1. The molecule has 0 aliphatic rings. The third-order valence-corrected chi connectivity index (χ3v) is 2.59. The summed E-state index contributed by atoms with van der Waals surface area (Å²) in [5, 5.41) is 8.85. The van der Waals surface area contributed by atoms with E-state index in [1.165, 1.54) is 6.07 Å². The predicted octanol–water partition coefficient (Wildman–Crippen LogP) is 3.17. The smallest absolute Gasteiger partial charge is 0.335 e. The SMILES string of the molecule is Cc1ccc(COc2ccc(C(=O)O)cc2C)o1. The molecule has 0 spiro atoms. The van der Waals surface area contributed by atoms with Gasteiger partial charge in [-0.1, -0.05) is 0 Å². The van der Waals surface area contributed by atoms with Crippen molar-refractivity contribution in [2.24, 2.45) is 0 Å². The Morgan fingerprint density at radius 3 is 2.61 bits per heavy atom. The monoisotopic (exact) mass is 246 g/mol. The molecule has 1 aromatic carbocycles. The highest BCUT2D eigenvalue weighted by atomic mass is 16.5. The lowest BCUT2D eigenvalue weighted by molar-refractivity contribution is 0.0696. The number of hydrogen-bond acceptors (Lipinski definition) is 3. The zero-order valence-electron chi connectivity index (χ0n) is 10.3. The zero-order chi connectivity index (χ0) is 13.1. The lowest BCUT2D eigenvalue weighted by Crippen LogP contribution is -1.99. The Labute approximate surface area is 105 Å². The van der Waals surface area contributed by atoms with Crippen LogP contribution in [0.4, 0.5) is 0 Å². The summed E-state index contributed by atoms with van der Waals surface area (Å²) in [6.45, 7) is 4.02. The molecule has 0 aliphatic carbocycles. The average Bonchev–Trinajstić information content (AvgIpc) is 2.73. The summed E-state index contributed by atoms with van der Waals surface area (Å²) in [5.74, 6) is 1.31. The Balaban J connectivity index is 2.08. The van der Waals surface area contributed by atoms with E-state index in [9.17, 15) is 4.79 Å². The molecule has 0 atom stereocenters. The highest BCUT2D eigenvalue weighted by Crippen LogP contribution is 2.20. The molecule has 0 saturated carbocycles. The highest BCUT2D eigenvalue weighted by Gasteiger charge is 2.07. The fourth-order valence-electron chi connectivity index (χ4n) is 1.66. The van der Waals surface area contributed by atoms with Crippen LogP contribution < -0.4 is 4.74 Å². The van der Waals surface area contributed by atoms with Crippen molar-refractivity contribution >= 4 is 5.97 Å². The largest absolute Gasteiger partial charge is 0.485 e. The normalized spacial score (nSPS) is 10.3. The van der Waals surface area contributed by atoms with Crippen LogP contribution >= 0.6 is 0 Å². The number of rotatable bonds is 4. The van der Waals surface area contributed by atoms with Crippen molar-refractivity contribution in [3.8, 4) is 5.75 Å². The van der Waals surface area contributed by atoms with Gasteiger partial charge in [0.1, 0.15) is 23.9 Å². The van der Waals surface area contributed by atoms with E-state index in [-0.39, 0.29) is 5.56 Å². The van der Waals surface area contributed by atoms with Crippen molar-refractivity contribution in [2.45, 2.75) is 20.5 Å². The summed E-state index contributed by atoms with van der Waals surface area (Å²) in [7, 11) is 0. The topological polar surface area (TPSA) is 59.7 Å². The summed E-state index contributed by atoms with van der Waals surface area (Å²) in [5.41, 5.74) is 1.05. The van der Waals surface area contributed by atoms with Crippen molar-refractivity contribution in [3.63, 3.8) is 0 Å². The second-order valence-electron chi connectivity index (χ2n) is 4.09. The maximum absolute atomic E-state index is 10.8. The fourth-order valence-corrected chi connectivity index (χ4v) is 1.66. The fraction of sp³-hybridized carbons (Fsp3) is 0.214. The van der Waals surface area contributed by atoms with Gasteiger partial charge in [0, 0.05) is 0 Å². The van der Waals surface area contributed by atoms with Crippen LogP contribution in [-0.4, -0.2) is 11.1 Å². The van der Waals surface area contributed by atoms with Gasteiger partial charge in [0.15, 0.2) is 0 Å². The minimum Gasteiger partial charge on any atom is -0.485 e. The van der Waals surface area contributed by atoms with Crippen molar-refractivity contribution in [1.82, 2.24) is 0 Å². The first kappa shape index (κ1) is 12.2. The summed E-state index contributed by atoms with van der Waals surface area (Å²) in [6.07, 6.45) is 0. The zero-order valence-corrected chi connectivity index (χ0v) is 10.3. The molecule has 0 amide bonds. The molecule has 94 valence electrons. The summed E-state index contributed by atoms with van der Waals surface area (Å²) < 4.78 is 11.0. The number of furan rings is 1. The molecule has 18 heavy (non-hydrogen) atoms. The van der Waals surface area contributed by atoms with Gasteiger partial charge in [-0.2, -0.15) is 0 Å². The van der Waals surface area contributed by atoms with E-state index in [4.69, 9.17) is 14.3 Å². The maximum Gasteiger partial charge on any atom is 0.335 e. The highest BCUT2D eigenvalue weighted by molar-refractivity contribution is 5.88. The Bertz CT molecular complexity index is 569. The lowest BCUT2D eigenvalue weighted by atomic mass is 10.1. The van der Waals surface area contributed by atoms with E-state index < -0.39 is 5.97 Å². The lowest BCUT2D eigenvalue weighted by Gasteiger charge is -2.08. The molecule has 0 aliphatic heterocycles. The second-order valence-corrected chi connectivity index (χ2v) is 4.09. The van der Waals surface area contributed by atoms with Gasteiger partial charge in [-0.15, -0.1) is 0 Å². The number of hydrogen-bond donors (Lipinski definition) is 1. The number of carboxylic acid groups (broad SMARTS) is 1. The molecule has 2 aromatic rings. The van der Waals surface area contributed by atoms with Gasteiger partial charge in [0.25, 0.3) is 0 Å². The summed E-state index contributed by atoms with van der Waals surface area (Å²) in [4.78, 5) is 10.8. The van der Waals surface area contributed by atoms with Crippen molar-refractivity contribution in [2.75, 3.05) is 0 Å². The molecule has 0 radical (unpaired) electrons. The molecular formula is C14H14O4. The molecule has 0 unspecified atom stereocenters.